The molecule has 0 unspecified atom stereocenters. The maximum atomic E-state index is 13.1. The van der Waals surface area contributed by atoms with Crippen molar-refractivity contribution in [2.24, 2.45) is 0 Å². The second-order valence-electron chi connectivity index (χ2n) is 8.39. The number of anilines is 2. The predicted molar refractivity (Wildman–Crippen MR) is 128 cm³/mol. The molecule has 1 atom stereocenters. The third-order valence-electron chi connectivity index (χ3n) is 5.89. The van der Waals surface area contributed by atoms with Crippen LogP contribution in [-0.4, -0.2) is 50.5 Å². The first kappa shape index (κ1) is 23.8. The summed E-state index contributed by atoms with van der Waals surface area (Å²) in [6, 6.07) is 11.1. The highest BCUT2D eigenvalue weighted by molar-refractivity contribution is 7.92. The number of nitrogens with zero attached hydrogens (tertiary/aromatic N) is 2. The molecular formula is C24H31N3O4S. The molecule has 1 aliphatic rings. The monoisotopic (exact) mass is 457 g/mol. The summed E-state index contributed by atoms with van der Waals surface area (Å²) < 4.78 is 26.3. The molecule has 0 spiro atoms. The Hall–Kier alpha value is -2.87. The SMILES string of the molecule is Cc1ccc(N([C@@H](C)C(=O)Nc2ccccc2C(=O)N2CCCCC2)S(C)(=O)=O)cc1C. The van der Waals surface area contributed by atoms with Crippen LogP contribution in [0.25, 0.3) is 0 Å². The average molecular weight is 458 g/mol. The number of sulfonamides is 1. The lowest BCUT2D eigenvalue weighted by Crippen LogP contribution is -2.45. The first-order valence-corrected chi connectivity index (χ1v) is 12.7. The fourth-order valence-electron chi connectivity index (χ4n) is 3.95. The van der Waals surface area contributed by atoms with E-state index < -0.39 is 22.0 Å². The lowest BCUT2D eigenvalue weighted by atomic mass is 10.1. The van der Waals surface area contributed by atoms with Crippen molar-refractivity contribution in [1.82, 2.24) is 4.90 Å². The molecule has 0 aliphatic carbocycles. The van der Waals surface area contributed by atoms with E-state index in [0.29, 0.717) is 30.0 Å². The van der Waals surface area contributed by atoms with Gasteiger partial charge < -0.3 is 10.2 Å². The van der Waals surface area contributed by atoms with Crippen LogP contribution in [0.4, 0.5) is 11.4 Å². The number of piperidine rings is 1. The molecule has 1 aliphatic heterocycles. The molecule has 1 fully saturated rings. The van der Waals surface area contributed by atoms with E-state index in [0.717, 1.165) is 41.0 Å². The van der Waals surface area contributed by atoms with Gasteiger partial charge in [-0.2, -0.15) is 0 Å². The standard InChI is InChI=1S/C24H31N3O4S/c1-17-12-13-20(16-18(17)2)27(32(4,30)31)19(3)23(28)25-22-11-7-6-10-21(22)24(29)26-14-8-5-9-15-26/h6-7,10-13,16,19H,5,8-9,14-15H2,1-4H3,(H,25,28)/t19-/m0/s1. The van der Waals surface area contributed by atoms with E-state index >= 15 is 0 Å². The number of carbonyl (C=O) groups is 2. The van der Waals surface area contributed by atoms with Gasteiger partial charge in [0.15, 0.2) is 0 Å². The van der Waals surface area contributed by atoms with Crippen LogP contribution in [0, 0.1) is 13.8 Å². The summed E-state index contributed by atoms with van der Waals surface area (Å²) in [6.07, 6.45) is 4.13. The highest BCUT2D eigenvalue weighted by atomic mass is 32.2. The highest BCUT2D eigenvalue weighted by Gasteiger charge is 2.30. The smallest absolute Gasteiger partial charge is 0.255 e. The number of rotatable bonds is 6. The minimum atomic E-state index is -3.73. The van der Waals surface area contributed by atoms with Gasteiger partial charge in [-0.1, -0.05) is 18.2 Å². The molecule has 2 amide bonds. The molecule has 0 bridgehead atoms. The fraction of sp³-hybridized carbons (Fsp3) is 0.417. The molecule has 2 aromatic rings. The van der Waals surface area contributed by atoms with Gasteiger partial charge in [0, 0.05) is 13.1 Å². The number of benzene rings is 2. The van der Waals surface area contributed by atoms with Crippen LogP contribution in [0.5, 0.6) is 0 Å². The molecular weight excluding hydrogens is 426 g/mol. The van der Waals surface area contributed by atoms with Gasteiger partial charge in [0.2, 0.25) is 15.9 Å². The van der Waals surface area contributed by atoms with Crippen molar-refractivity contribution in [2.75, 3.05) is 29.0 Å². The second-order valence-corrected chi connectivity index (χ2v) is 10.3. The van der Waals surface area contributed by atoms with Gasteiger partial charge in [-0.05, 0) is 75.4 Å². The van der Waals surface area contributed by atoms with Crippen LogP contribution in [-0.2, 0) is 14.8 Å². The molecule has 0 radical (unpaired) electrons. The molecule has 2 aromatic carbocycles. The van der Waals surface area contributed by atoms with Crippen molar-refractivity contribution in [3.8, 4) is 0 Å². The van der Waals surface area contributed by atoms with Crippen molar-refractivity contribution in [3.05, 3.63) is 59.2 Å². The van der Waals surface area contributed by atoms with Crippen LogP contribution < -0.4 is 9.62 Å². The molecule has 0 saturated carbocycles. The van der Waals surface area contributed by atoms with Crippen LogP contribution in [0.1, 0.15) is 47.7 Å². The number of nitrogens with one attached hydrogen (secondary N) is 1. The molecule has 8 heteroatoms. The number of carbonyl (C=O) groups excluding carboxylic acids is 2. The Balaban J connectivity index is 1.87. The zero-order valence-electron chi connectivity index (χ0n) is 19.1. The lowest BCUT2D eigenvalue weighted by molar-refractivity contribution is -0.116. The maximum Gasteiger partial charge on any atom is 0.255 e. The molecule has 1 heterocycles. The molecule has 0 aromatic heterocycles. The Morgan fingerprint density at radius 1 is 1.00 bits per heavy atom. The second kappa shape index (κ2) is 9.73. The number of likely N-dealkylation sites (tertiary alicyclic amines) is 1. The number of aryl methyl sites for hydroxylation is 2. The van der Waals surface area contributed by atoms with Crippen molar-refractivity contribution in [2.45, 2.75) is 46.1 Å². The third-order valence-corrected chi connectivity index (χ3v) is 7.13. The van der Waals surface area contributed by atoms with E-state index in [2.05, 4.69) is 5.32 Å². The van der Waals surface area contributed by atoms with E-state index in [1.807, 2.05) is 19.9 Å². The third kappa shape index (κ3) is 5.30. The summed E-state index contributed by atoms with van der Waals surface area (Å²) in [5.74, 6) is -0.630. The number of hydrogen-bond donors (Lipinski definition) is 1. The van der Waals surface area contributed by atoms with Gasteiger partial charge in [0.1, 0.15) is 6.04 Å². The molecule has 32 heavy (non-hydrogen) atoms. The summed E-state index contributed by atoms with van der Waals surface area (Å²) in [6.45, 7) is 6.78. The van der Waals surface area contributed by atoms with Crippen molar-refractivity contribution >= 4 is 33.2 Å². The summed E-state index contributed by atoms with van der Waals surface area (Å²) in [5, 5.41) is 2.79. The van der Waals surface area contributed by atoms with E-state index in [1.54, 1.807) is 48.2 Å². The zero-order chi connectivity index (χ0) is 23.5. The molecule has 3 rings (SSSR count). The van der Waals surface area contributed by atoms with E-state index in [4.69, 9.17) is 0 Å². The Morgan fingerprint density at radius 3 is 2.28 bits per heavy atom. The minimum Gasteiger partial charge on any atom is -0.339 e. The molecule has 1 saturated heterocycles. The van der Waals surface area contributed by atoms with Crippen LogP contribution in [0.2, 0.25) is 0 Å². The Bertz CT molecular complexity index is 1110. The van der Waals surface area contributed by atoms with E-state index in [9.17, 15) is 18.0 Å². The van der Waals surface area contributed by atoms with Crippen molar-refractivity contribution < 1.29 is 18.0 Å². The first-order chi connectivity index (χ1) is 15.1. The first-order valence-electron chi connectivity index (χ1n) is 10.9. The van der Waals surface area contributed by atoms with Gasteiger partial charge in [0.25, 0.3) is 5.91 Å². The lowest BCUT2D eigenvalue weighted by Gasteiger charge is -2.30. The summed E-state index contributed by atoms with van der Waals surface area (Å²) in [7, 11) is -3.73. The fourth-order valence-corrected chi connectivity index (χ4v) is 5.12. The molecule has 1 N–H and O–H groups in total. The van der Waals surface area contributed by atoms with Crippen molar-refractivity contribution in [3.63, 3.8) is 0 Å². The minimum absolute atomic E-state index is 0.123. The molecule has 172 valence electrons. The summed E-state index contributed by atoms with van der Waals surface area (Å²) in [5.41, 5.74) is 3.18. The normalized spacial score (nSPS) is 15.2. The van der Waals surface area contributed by atoms with Crippen LogP contribution >= 0.6 is 0 Å². The summed E-state index contributed by atoms with van der Waals surface area (Å²) in [4.78, 5) is 28.0. The maximum absolute atomic E-state index is 13.1. The van der Waals surface area contributed by atoms with Gasteiger partial charge in [-0.3, -0.25) is 13.9 Å². The highest BCUT2D eigenvalue weighted by Crippen LogP contribution is 2.25. The quantitative estimate of drug-likeness (QED) is 0.716. The predicted octanol–water partition coefficient (Wildman–Crippen LogP) is 3.72. The van der Waals surface area contributed by atoms with Crippen LogP contribution in [0.3, 0.4) is 0 Å². The zero-order valence-corrected chi connectivity index (χ0v) is 19.9. The van der Waals surface area contributed by atoms with E-state index in [1.165, 1.54) is 0 Å². The van der Waals surface area contributed by atoms with Gasteiger partial charge in [-0.15, -0.1) is 0 Å². The average Bonchev–Trinajstić information content (AvgIpc) is 2.76. The van der Waals surface area contributed by atoms with E-state index in [-0.39, 0.29) is 5.91 Å². The number of hydrogen-bond acceptors (Lipinski definition) is 4. The van der Waals surface area contributed by atoms with Crippen LogP contribution in [0.15, 0.2) is 42.5 Å². The van der Waals surface area contributed by atoms with Gasteiger partial charge >= 0.3 is 0 Å². The number of amides is 2. The molecule has 7 nitrogen and oxygen atoms in total. The number of para-hydroxylation sites is 1. The van der Waals surface area contributed by atoms with Gasteiger partial charge in [0.05, 0.1) is 23.2 Å². The largest absolute Gasteiger partial charge is 0.339 e. The van der Waals surface area contributed by atoms with Crippen molar-refractivity contribution in [1.29, 1.82) is 0 Å². The topological polar surface area (TPSA) is 86.8 Å². The Labute approximate surface area is 190 Å². The van der Waals surface area contributed by atoms with Gasteiger partial charge in [-0.25, -0.2) is 8.42 Å². The summed E-state index contributed by atoms with van der Waals surface area (Å²) >= 11 is 0. The Morgan fingerprint density at radius 2 is 1.66 bits per heavy atom. The Kier molecular flexibility index (Phi) is 7.23.